The summed E-state index contributed by atoms with van der Waals surface area (Å²) < 4.78 is 47.3. The number of nitrogens with zero attached hydrogens (tertiary/aromatic N) is 2. The van der Waals surface area contributed by atoms with Gasteiger partial charge in [-0.15, -0.1) is 0 Å². The van der Waals surface area contributed by atoms with Crippen molar-refractivity contribution in [3.63, 3.8) is 0 Å². The second kappa shape index (κ2) is 6.42. The monoisotopic (exact) mass is 351 g/mol. The van der Waals surface area contributed by atoms with Crippen LogP contribution in [0.15, 0.2) is 45.8 Å². The lowest BCUT2D eigenvalue weighted by Crippen LogP contribution is -2.14. The van der Waals surface area contributed by atoms with E-state index in [2.05, 4.69) is 19.6 Å². The van der Waals surface area contributed by atoms with Crippen molar-refractivity contribution in [3.8, 4) is 17.1 Å². The van der Waals surface area contributed by atoms with E-state index in [1.807, 2.05) is 0 Å². The number of halogens is 3. The van der Waals surface area contributed by atoms with Gasteiger partial charge in [0.2, 0.25) is 5.82 Å². The maximum Gasteiger partial charge on any atom is 0.471 e. The number of hydrogen-bond acceptors (Lipinski definition) is 5. The Morgan fingerprint density at radius 2 is 2.08 bits per heavy atom. The van der Waals surface area contributed by atoms with Crippen molar-refractivity contribution in [1.82, 2.24) is 15.1 Å². The fourth-order valence-corrected chi connectivity index (χ4v) is 2.33. The first-order valence-corrected chi connectivity index (χ1v) is 7.13. The minimum atomic E-state index is -4.75. The molecule has 25 heavy (non-hydrogen) atoms. The van der Waals surface area contributed by atoms with Gasteiger partial charge < -0.3 is 14.2 Å². The number of ether oxygens (including phenoxy) is 1. The Kier molecular flexibility index (Phi) is 4.30. The van der Waals surface area contributed by atoms with Gasteiger partial charge in [0.15, 0.2) is 0 Å². The number of benzene rings is 1. The van der Waals surface area contributed by atoms with Crippen molar-refractivity contribution >= 4 is 0 Å². The number of pyridine rings is 1. The summed E-state index contributed by atoms with van der Waals surface area (Å²) in [5.41, 5.74) is 0.701. The summed E-state index contributed by atoms with van der Waals surface area (Å²) >= 11 is 0. The largest absolute Gasteiger partial charge is 0.497 e. The Morgan fingerprint density at radius 1 is 1.28 bits per heavy atom. The zero-order valence-electron chi connectivity index (χ0n) is 12.9. The SMILES string of the molecule is COc1cccc(Cc2c(-c3noc(C(F)(F)F)n3)cc[nH]c2=O)c1. The van der Waals surface area contributed by atoms with E-state index in [-0.39, 0.29) is 23.4 Å². The van der Waals surface area contributed by atoms with Gasteiger partial charge in [0.1, 0.15) is 5.75 Å². The van der Waals surface area contributed by atoms with Crippen molar-refractivity contribution in [2.75, 3.05) is 7.11 Å². The topological polar surface area (TPSA) is 81.0 Å². The molecule has 0 aliphatic rings. The Hall–Kier alpha value is -3.10. The van der Waals surface area contributed by atoms with Crippen LogP contribution in [-0.4, -0.2) is 22.2 Å². The predicted octanol–water partition coefficient (Wildman–Crippen LogP) is 3.04. The quantitative estimate of drug-likeness (QED) is 0.781. The van der Waals surface area contributed by atoms with E-state index >= 15 is 0 Å². The summed E-state index contributed by atoms with van der Waals surface area (Å²) in [6.07, 6.45) is -3.27. The highest BCUT2D eigenvalue weighted by atomic mass is 19.4. The van der Waals surface area contributed by atoms with Crippen LogP contribution in [0.3, 0.4) is 0 Å². The molecule has 0 spiro atoms. The normalized spacial score (nSPS) is 11.5. The zero-order valence-corrected chi connectivity index (χ0v) is 12.9. The fourth-order valence-electron chi connectivity index (χ4n) is 2.33. The maximum atomic E-state index is 12.6. The molecule has 0 fully saturated rings. The lowest BCUT2D eigenvalue weighted by atomic mass is 10.0. The number of hydrogen-bond donors (Lipinski definition) is 1. The third-order valence-electron chi connectivity index (χ3n) is 3.49. The molecule has 0 unspecified atom stereocenters. The summed E-state index contributed by atoms with van der Waals surface area (Å²) in [7, 11) is 1.51. The first-order valence-electron chi connectivity index (χ1n) is 7.13. The van der Waals surface area contributed by atoms with Gasteiger partial charge in [0, 0.05) is 23.7 Å². The Balaban J connectivity index is 2.03. The average molecular weight is 351 g/mol. The van der Waals surface area contributed by atoms with Gasteiger partial charge in [0.25, 0.3) is 5.56 Å². The molecular formula is C16H12F3N3O3. The number of rotatable bonds is 4. The van der Waals surface area contributed by atoms with Crippen LogP contribution in [0, 0.1) is 0 Å². The molecule has 0 atom stereocenters. The number of nitrogens with one attached hydrogen (secondary N) is 1. The molecule has 6 nitrogen and oxygen atoms in total. The molecule has 3 rings (SSSR count). The van der Waals surface area contributed by atoms with E-state index in [0.29, 0.717) is 5.75 Å². The van der Waals surface area contributed by atoms with Crippen molar-refractivity contribution in [1.29, 1.82) is 0 Å². The van der Waals surface area contributed by atoms with Gasteiger partial charge in [-0.2, -0.15) is 18.2 Å². The van der Waals surface area contributed by atoms with Crippen LogP contribution in [-0.2, 0) is 12.6 Å². The van der Waals surface area contributed by atoms with Crippen molar-refractivity contribution in [2.45, 2.75) is 12.6 Å². The highest BCUT2D eigenvalue weighted by Gasteiger charge is 2.38. The molecule has 2 aromatic heterocycles. The lowest BCUT2D eigenvalue weighted by Gasteiger charge is -2.07. The second-order valence-corrected chi connectivity index (χ2v) is 5.15. The average Bonchev–Trinajstić information content (AvgIpc) is 3.07. The molecule has 130 valence electrons. The first-order chi connectivity index (χ1) is 11.9. The van der Waals surface area contributed by atoms with Crippen LogP contribution in [0.1, 0.15) is 17.0 Å². The van der Waals surface area contributed by atoms with E-state index in [1.54, 1.807) is 24.3 Å². The summed E-state index contributed by atoms with van der Waals surface area (Å²) in [6, 6.07) is 8.43. The van der Waals surface area contributed by atoms with E-state index in [9.17, 15) is 18.0 Å². The standard InChI is InChI=1S/C16H12F3N3O3/c1-24-10-4-2-3-9(7-10)8-12-11(5-6-20-14(12)23)13-21-15(25-22-13)16(17,18)19/h2-7H,8H2,1H3,(H,20,23). The maximum absolute atomic E-state index is 12.6. The molecule has 0 aliphatic carbocycles. The van der Waals surface area contributed by atoms with Gasteiger partial charge in [-0.05, 0) is 23.8 Å². The smallest absolute Gasteiger partial charge is 0.471 e. The van der Waals surface area contributed by atoms with E-state index < -0.39 is 17.6 Å². The molecule has 2 heterocycles. The Bertz CT molecular complexity index is 947. The molecule has 9 heteroatoms. The third-order valence-corrected chi connectivity index (χ3v) is 3.49. The number of aromatic amines is 1. The molecule has 0 bridgehead atoms. The van der Waals surface area contributed by atoms with Crippen molar-refractivity contribution in [2.24, 2.45) is 0 Å². The number of alkyl halides is 3. The second-order valence-electron chi connectivity index (χ2n) is 5.15. The van der Waals surface area contributed by atoms with Crippen LogP contribution in [0.5, 0.6) is 5.75 Å². The van der Waals surface area contributed by atoms with E-state index in [1.165, 1.54) is 19.4 Å². The molecule has 1 N–H and O–H groups in total. The summed E-state index contributed by atoms with van der Waals surface area (Å²) in [5.74, 6) is -1.16. The lowest BCUT2D eigenvalue weighted by molar-refractivity contribution is -0.159. The Labute approximate surface area is 139 Å². The number of H-pyrrole nitrogens is 1. The van der Waals surface area contributed by atoms with Gasteiger partial charge >= 0.3 is 12.1 Å². The van der Waals surface area contributed by atoms with E-state index in [0.717, 1.165) is 5.56 Å². The molecule has 0 saturated carbocycles. The number of methoxy groups -OCH3 is 1. The van der Waals surface area contributed by atoms with Crippen LogP contribution in [0.2, 0.25) is 0 Å². The molecule has 1 aromatic carbocycles. The molecule has 0 radical (unpaired) electrons. The molecule has 0 amide bonds. The van der Waals surface area contributed by atoms with Gasteiger partial charge in [0.05, 0.1) is 7.11 Å². The summed E-state index contributed by atoms with van der Waals surface area (Å²) in [6.45, 7) is 0. The summed E-state index contributed by atoms with van der Waals surface area (Å²) in [5, 5.41) is 3.35. The fraction of sp³-hybridized carbons (Fsp3) is 0.188. The van der Waals surface area contributed by atoms with Crippen molar-refractivity contribution in [3.05, 3.63) is 63.9 Å². The van der Waals surface area contributed by atoms with E-state index in [4.69, 9.17) is 4.74 Å². The third kappa shape index (κ3) is 3.54. The molecule has 3 aromatic rings. The highest BCUT2D eigenvalue weighted by Crippen LogP contribution is 2.30. The molecule has 0 saturated heterocycles. The minimum Gasteiger partial charge on any atom is -0.497 e. The van der Waals surface area contributed by atoms with Crippen LogP contribution in [0.4, 0.5) is 13.2 Å². The summed E-state index contributed by atoms with van der Waals surface area (Å²) in [4.78, 5) is 18.0. The minimum absolute atomic E-state index is 0.165. The first kappa shape index (κ1) is 16.7. The highest BCUT2D eigenvalue weighted by molar-refractivity contribution is 5.59. The van der Waals surface area contributed by atoms with Gasteiger partial charge in [-0.3, -0.25) is 4.79 Å². The van der Waals surface area contributed by atoms with Crippen LogP contribution in [0.25, 0.3) is 11.4 Å². The van der Waals surface area contributed by atoms with Crippen LogP contribution >= 0.6 is 0 Å². The Morgan fingerprint density at radius 3 is 2.76 bits per heavy atom. The van der Waals surface area contributed by atoms with Crippen molar-refractivity contribution < 1.29 is 22.4 Å². The predicted molar refractivity (Wildman–Crippen MR) is 81.2 cm³/mol. The number of aromatic nitrogens is 3. The molecule has 0 aliphatic heterocycles. The van der Waals surface area contributed by atoms with Crippen LogP contribution < -0.4 is 10.3 Å². The van der Waals surface area contributed by atoms with Gasteiger partial charge in [-0.1, -0.05) is 17.3 Å². The zero-order chi connectivity index (χ0) is 18.0. The molecular weight excluding hydrogens is 339 g/mol. The van der Waals surface area contributed by atoms with Gasteiger partial charge in [-0.25, -0.2) is 0 Å².